The predicted molar refractivity (Wildman–Crippen MR) is 97.2 cm³/mol. The molecule has 5 rings (SSSR count). The molecule has 0 aromatic heterocycles. The minimum absolute atomic E-state index is 0.228. The SMILES string of the molecule is C=C1C[C@H](C)[C@H]2[C@H]3Cc4ccc(O)cc4[C@@]2(CCN3CC2CC2)C1. The van der Waals surface area contributed by atoms with Crippen LogP contribution >= 0.6 is 0 Å². The van der Waals surface area contributed by atoms with Gasteiger partial charge in [-0.3, -0.25) is 4.90 Å². The number of aromatic hydroxyl groups is 1. The molecule has 1 aromatic rings. The number of hydrogen-bond acceptors (Lipinski definition) is 2. The van der Waals surface area contributed by atoms with E-state index in [0.29, 0.717) is 17.7 Å². The van der Waals surface area contributed by atoms with Gasteiger partial charge in [0.1, 0.15) is 5.75 Å². The van der Waals surface area contributed by atoms with Gasteiger partial charge < -0.3 is 5.11 Å². The topological polar surface area (TPSA) is 23.5 Å². The van der Waals surface area contributed by atoms with Crippen molar-refractivity contribution in [3.63, 3.8) is 0 Å². The third-order valence-corrected chi connectivity index (χ3v) is 7.40. The maximum Gasteiger partial charge on any atom is 0.115 e. The number of benzene rings is 1. The van der Waals surface area contributed by atoms with Crippen molar-refractivity contribution in [2.24, 2.45) is 17.8 Å². The number of phenols is 1. The average molecular weight is 323 g/mol. The van der Waals surface area contributed by atoms with E-state index in [1.807, 2.05) is 6.07 Å². The van der Waals surface area contributed by atoms with Crippen LogP contribution < -0.4 is 0 Å². The number of phenolic OH excluding ortho intramolecular Hbond substituents is 1. The zero-order valence-electron chi connectivity index (χ0n) is 14.8. The molecule has 0 spiro atoms. The van der Waals surface area contributed by atoms with Crippen LogP contribution in [-0.4, -0.2) is 29.1 Å². The standard InChI is InChI=1S/C22H29NO/c1-14-9-15(2)21-20-10-17-5-6-18(24)11-19(17)22(21,12-14)7-8-23(20)13-16-3-4-16/h5-6,11,15-16,20-21,24H,1,3-4,7-10,12-13H2,2H3/t15-,20+,21-,22+/m0/s1. The number of allylic oxidation sites excluding steroid dienone is 1. The quantitative estimate of drug-likeness (QED) is 0.822. The Morgan fingerprint density at radius 1 is 1.29 bits per heavy atom. The molecule has 2 saturated carbocycles. The Balaban J connectivity index is 1.63. The van der Waals surface area contributed by atoms with Gasteiger partial charge in [-0.05, 0) is 86.1 Å². The zero-order chi connectivity index (χ0) is 16.5. The van der Waals surface area contributed by atoms with Crippen molar-refractivity contribution < 1.29 is 5.11 Å². The molecule has 1 heterocycles. The van der Waals surface area contributed by atoms with Crippen LogP contribution in [0.3, 0.4) is 0 Å². The van der Waals surface area contributed by atoms with Gasteiger partial charge >= 0.3 is 0 Å². The van der Waals surface area contributed by atoms with E-state index in [9.17, 15) is 5.11 Å². The third kappa shape index (κ3) is 2.12. The molecule has 1 aliphatic heterocycles. The second kappa shape index (κ2) is 5.11. The molecule has 1 N–H and O–H groups in total. The summed E-state index contributed by atoms with van der Waals surface area (Å²) in [6.45, 7) is 9.39. The zero-order valence-corrected chi connectivity index (χ0v) is 14.8. The van der Waals surface area contributed by atoms with Gasteiger partial charge in [-0.25, -0.2) is 0 Å². The molecule has 2 bridgehead atoms. The molecular weight excluding hydrogens is 294 g/mol. The lowest BCUT2D eigenvalue weighted by Crippen LogP contribution is -2.63. The van der Waals surface area contributed by atoms with Crippen LogP contribution in [0.1, 0.15) is 50.2 Å². The Hall–Kier alpha value is -1.28. The minimum atomic E-state index is 0.228. The maximum atomic E-state index is 10.2. The molecule has 3 fully saturated rings. The van der Waals surface area contributed by atoms with E-state index in [4.69, 9.17) is 0 Å². The predicted octanol–water partition coefficient (Wildman–Crippen LogP) is 4.27. The molecule has 1 saturated heterocycles. The van der Waals surface area contributed by atoms with Gasteiger partial charge in [0.2, 0.25) is 0 Å². The highest BCUT2D eigenvalue weighted by Gasteiger charge is 2.57. The van der Waals surface area contributed by atoms with Crippen LogP contribution in [0.5, 0.6) is 5.75 Å². The highest BCUT2D eigenvalue weighted by Crippen LogP contribution is 2.59. The number of fused-ring (bicyclic) bond motifs is 1. The Kier molecular flexibility index (Phi) is 3.20. The number of piperidine rings is 1. The molecule has 0 unspecified atom stereocenters. The fraction of sp³-hybridized carbons (Fsp3) is 0.636. The van der Waals surface area contributed by atoms with E-state index in [1.54, 1.807) is 0 Å². The van der Waals surface area contributed by atoms with Crippen LogP contribution in [0.4, 0.5) is 0 Å². The summed E-state index contributed by atoms with van der Waals surface area (Å²) in [6.07, 6.45) is 7.61. The molecule has 4 aliphatic rings. The van der Waals surface area contributed by atoms with E-state index in [0.717, 1.165) is 18.3 Å². The van der Waals surface area contributed by atoms with Crippen molar-refractivity contribution in [2.45, 2.75) is 56.9 Å². The summed E-state index contributed by atoms with van der Waals surface area (Å²) in [5.41, 5.74) is 4.58. The van der Waals surface area contributed by atoms with E-state index in [1.165, 1.54) is 61.9 Å². The van der Waals surface area contributed by atoms with Crippen molar-refractivity contribution in [1.82, 2.24) is 4.90 Å². The molecule has 0 amide bonds. The average Bonchev–Trinajstić information content (AvgIpc) is 3.34. The van der Waals surface area contributed by atoms with Gasteiger partial charge in [0.25, 0.3) is 0 Å². The summed E-state index contributed by atoms with van der Waals surface area (Å²) in [6, 6.07) is 6.86. The molecule has 2 heteroatoms. The number of rotatable bonds is 2. The van der Waals surface area contributed by atoms with E-state index in [2.05, 4.69) is 30.5 Å². The van der Waals surface area contributed by atoms with E-state index >= 15 is 0 Å². The third-order valence-electron chi connectivity index (χ3n) is 7.40. The Morgan fingerprint density at radius 3 is 2.92 bits per heavy atom. The maximum absolute atomic E-state index is 10.2. The molecular formula is C22H29NO. The monoisotopic (exact) mass is 323 g/mol. The number of hydrogen-bond donors (Lipinski definition) is 1. The van der Waals surface area contributed by atoms with Gasteiger partial charge in [0, 0.05) is 18.0 Å². The van der Waals surface area contributed by atoms with Gasteiger partial charge in [-0.2, -0.15) is 0 Å². The van der Waals surface area contributed by atoms with Crippen molar-refractivity contribution >= 4 is 0 Å². The van der Waals surface area contributed by atoms with Gasteiger partial charge in [-0.1, -0.05) is 25.1 Å². The first-order chi connectivity index (χ1) is 11.6. The first-order valence-electron chi connectivity index (χ1n) is 9.80. The van der Waals surface area contributed by atoms with Crippen molar-refractivity contribution in [1.29, 1.82) is 0 Å². The molecule has 4 atom stereocenters. The van der Waals surface area contributed by atoms with Crippen molar-refractivity contribution in [3.8, 4) is 5.75 Å². The first-order valence-corrected chi connectivity index (χ1v) is 9.80. The molecule has 0 radical (unpaired) electrons. The fourth-order valence-electron chi connectivity index (χ4n) is 6.46. The molecule has 2 nitrogen and oxygen atoms in total. The Morgan fingerprint density at radius 2 is 2.12 bits per heavy atom. The minimum Gasteiger partial charge on any atom is -0.508 e. The van der Waals surface area contributed by atoms with Gasteiger partial charge in [0.15, 0.2) is 0 Å². The Labute approximate surface area is 145 Å². The lowest BCUT2D eigenvalue weighted by Gasteiger charge is -2.61. The highest BCUT2D eigenvalue weighted by atomic mass is 16.3. The molecule has 128 valence electrons. The molecule has 1 aromatic carbocycles. The van der Waals surface area contributed by atoms with Gasteiger partial charge in [0.05, 0.1) is 0 Å². The lowest BCUT2D eigenvalue weighted by atomic mass is 9.49. The number of nitrogens with zero attached hydrogens (tertiary/aromatic N) is 1. The lowest BCUT2D eigenvalue weighted by molar-refractivity contribution is -0.0283. The van der Waals surface area contributed by atoms with Crippen LogP contribution in [0.25, 0.3) is 0 Å². The van der Waals surface area contributed by atoms with Crippen molar-refractivity contribution in [3.05, 3.63) is 41.5 Å². The van der Waals surface area contributed by atoms with Gasteiger partial charge in [-0.15, -0.1) is 0 Å². The fourth-order valence-corrected chi connectivity index (χ4v) is 6.46. The van der Waals surface area contributed by atoms with Crippen LogP contribution in [0.15, 0.2) is 30.4 Å². The normalized spacial score (nSPS) is 38.5. The summed E-state index contributed by atoms with van der Waals surface area (Å²) in [5, 5.41) is 10.2. The van der Waals surface area contributed by atoms with E-state index in [-0.39, 0.29) is 5.41 Å². The largest absolute Gasteiger partial charge is 0.508 e. The first kappa shape index (κ1) is 15.0. The second-order valence-corrected chi connectivity index (χ2v) is 9.09. The van der Waals surface area contributed by atoms with E-state index < -0.39 is 0 Å². The highest BCUT2D eigenvalue weighted by molar-refractivity contribution is 5.46. The summed E-state index contributed by atoms with van der Waals surface area (Å²) in [4.78, 5) is 2.83. The summed E-state index contributed by atoms with van der Waals surface area (Å²) in [5.74, 6) is 2.83. The van der Waals surface area contributed by atoms with Crippen molar-refractivity contribution in [2.75, 3.05) is 13.1 Å². The van der Waals surface area contributed by atoms with Crippen LogP contribution in [0.2, 0.25) is 0 Å². The second-order valence-electron chi connectivity index (χ2n) is 9.09. The molecule has 24 heavy (non-hydrogen) atoms. The van der Waals surface area contributed by atoms with Crippen LogP contribution in [-0.2, 0) is 11.8 Å². The summed E-state index contributed by atoms with van der Waals surface area (Å²) >= 11 is 0. The smallest absolute Gasteiger partial charge is 0.115 e. The Bertz CT molecular complexity index is 691. The summed E-state index contributed by atoms with van der Waals surface area (Å²) in [7, 11) is 0. The number of likely N-dealkylation sites (tertiary alicyclic amines) is 1. The summed E-state index contributed by atoms with van der Waals surface area (Å²) < 4.78 is 0. The van der Waals surface area contributed by atoms with Crippen LogP contribution in [0, 0.1) is 17.8 Å². The molecule has 3 aliphatic carbocycles.